The number of quaternary nitrogens is 1. The Bertz CT molecular complexity index is 623. The molecule has 4 atom stereocenters. The van der Waals surface area contributed by atoms with Crippen LogP contribution >= 0.6 is 0 Å². The summed E-state index contributed by atoms with van der Waals surface area (Å²) in [5, 5.41) is 19.1. The zero-order valence-electron chi connectivity index (χ0n) is 14.7. The Morgan fingerprint density at radius 3 is 1.96 bits per heavy atom. The minimum absolute atomic E-state index is 0.178. The lowest BCUT2D eigenvalue weighted by Gasteiger charge is -2.28. The number of rotatable bonds is 3. The van der Waals surface area contributed by atoms with Gasteiger partial charge in [0.15, 0.2) is 0 Å². The molecule has 0 aromatic heterocycles. The van der Waals surface area contributed by atoms with Crippen molar-refractivity contribution in [3.8, 4) is 0 Å². The van der Waals surface area contributed by atoms with E-state index in [0.29, 0.717) is 6.54 Å². The minimum Gasteiger partial charge on any atom is -0.744 e. The van der Waals surface area contributed by atoms with Crippen molar-refractivity contribution in [3.63, 3.8) is 0 Å². The fourth-order valence-electron chi connectivity index (χ4n) is 2.33. The molecule has 2 rings (SSSR count). The van der Waals surface area contributed by atoms with Crippen molar-refractivity contribution in [1.29, 1.82) is 0 Å². The van der Waals surface area contributed by atoms with Gasteiger partial charge in [0, 0.05) is 0 Å². The molecule has 1 aromatic carbocycles. The Balaban J connectivity index is 0.000000243. The molecular formula is C16H27NO6S. The predicted molar refractivity (Wildman–Crippen MR) is 88.4 cm³/mol. The van der Waals surface area contributed by atoms with E-state index in [1.54, 1.807) is 19.1 Å². The van der Waals surface area contributed by atoms with Crippen molar-refractivity contribution in [2.45, 2.75) is 43.2 Å². The predicted octanol–water partition coefficient (Wildman–Crippen LogP) is 0.101. The highest BCUT2D eigenvalue weighted by molar-refractivity contribution is 7.85. The number of aryl methyl sites for hydroxylation is 1. The first-order valence-electron chi connectivity index (χ1n) is 7.66. The van der Waals surface area contributed by atoms with Gasteiger partial charge in [-0.1, -0.05) is 17.7 Å². The van der Waals surface area contributed by atoms with Crippen molar-refractivity contribution in [2.75, 3.05) is 27.7 Å². The molecular weight excluding hydrogens is 334 g/mol. The van der Waals surface area contributed by atoms with Gasteiger partial charge >= 0.3 is 0 Å². The van der Waals surface area contributed by atoms with Crippen molar-refractivity contribution >= 4 is 10.1 Å². The lowest BCUT2D eigenvalue weighted by molar-refractivity contribution is -0.873. The highest BCUT2D eigenvalue weighted by Crippen LogP contribution is 2.22. The van der Waals surface area contributed by atoms with Gasteiger partial charge in [-0.15, -0.1) is 0 Å². The third kappa shape index (κ3) is 6.46. The molecule has 7 nitrogen and oxygen atoms in total. The normalized spacial score (nSPS) is 27.5. The molecule has 1 fully saturated rings. The molecule has 2 N–H and O–H groups in total. The molecule has 0 amide bonds. The lowest BCUT2D eigenvalue weighted by Crippen LogP contribution is -2.46. The first-order chi connectivity index (χ1) is 10.8. The molecule has 24 heavy (non-hydrogen) atoms. The molecule has 138 valence electrons. The Hall–Kier alpha value is -1.03. The second-order valence-corrected chi connectivity index (χ2v) is 8.48. The van der Waals surface area contributed by atoms with Gasteiger partial charge in [-0.3, -0.25) is 0 Å². The summed E-state index contributed by atoms with van der Waals surface area (Å²) in [6.45, 7) is 4.31. The Labute approximate surface area is 143 Å². The van der Waals surface area contributed by atoms with E-state index in [2.05, 4.69) is 0 Å². The third-order valence-electron chi connectivity index (χ3n) is 3.64. The average molecular weight is 361 g/mol. The maximum Gasteiger partial charge on any atom is 0.135 e. The van der Waals surface area contributed by atoms with Crippen LogP contribution in [0.3, 0.4) is 0 Å². The highest BCUT2D eigenvalue weighted by Gasteiger charge is 2.42. The summed E-state index contributed by atoms with van der Waals surface area (Å²) in [5.74, 6) is 0. The van der Waals surface area contributed by atoms with Gasteiger partial charge in [0.1, 0.15) is 35.0 Å². The first-order valence-corrected chi connectivity index (χ1v) is 9.07. The number of hydrogen-bond donors (Lipinski definition) is 2. The molecule has 0 spiro atoms. The second kappa shape index (κ2) is 7.90. The Morgan fingerprint density at radius 2 is 1.62 bits per heavy atom. The van der Waals surface area contributed by atoms with Crippen LogP contribution < -0.4 is 0 Å². The molecule has 1 saturated heterocycles. The van der Waals surface area contributed by atoms with Crippen LogP contribution in [0.4, 0.5) is 0 Å². The van der Waals surface area contributed by atoms with Gasteiger partial charge in [0.2, 0.25) is 0 Å². The van der Waals surface area contributed by atoms with E-state index in [0.717, 1.165) is 10.0 Å². The number of hydrogen-bond acceptors (Lipinski definition) is 6. The molecule has 0 unspecified atom stereocenters. The van der Waals surface area contributed by atoms with Crippen molar-refractivity contribution < 1.29 is 32.4 Å². The van der Waals surface area contributed by atoms with Crippen molar-refractivity contribution in [3.05, 3.63) is 29.8 Å². The first kappa shape index (κ1) is 21.0. The van der Waals surface area contributed by atoms with Crippen LogP contribution in [-0.4, -0.2) is 79.8 Å². The van der Waals surface area contributed by atoms with Crippen LogP contribution in [0, 0.1) is 6.92 Å². The van der Waals surface area contributed by atoms with Crippen LogP contribution in [-0.2, 0) is 14.9 Å². The Kier molecular flexibility index (Phi) is 6.92. The van der Waals surface area contributed by atoms with Crippen LogP contribution in [0.15, 0.2) is 29.2 Å². The monoisotopic (exact) mass is 361 g/mol. The maximum absolute atomic E-state index is 10.4. The zero-order valence-corrected chi connectivity index (χ0v) is 15.5. The van der Waals surface area contributed by atoms with Gasteiger partial charge in [-0.05, 0) is 26.0 Å². The lowest BCUT2D eigenvalue weighted by atomic mass is 10.1. The number of likely N-dealkylation sites (N-methyl/N-ethyl adjacent to an activating group) is 1. The van der Waals surface area contributed by atoms with Gasteiger partial charge in [0.05, 0.1) is 32.1 Å². The minimum atomic E-state index is -4.27. The van der Waals surface area contributed by atoms with Crippen LogP contribution in [0.1, 0.15) is 12.5 Å². The van der Waals surface area contributed by atoms with E-state index < -0.39 is 22.3 Å². The fourth-order valence-corrected chi connectivity index (χ4v) is 2.80. The number of benzene rings is 1. The largest absolute Gasteiger partial charge is 0.744 e. The van der Waals surface area contributed by atoms with Gasteiger partial charge in [-0.25, -0.2) is 8.42 Å². The van der Waals surface area contributed by atoms with Crippen LogP contribution in [0.2, 0.25) is 0 Å². The van der Waals surface area contributed by atoms with E-state index in [9.17, 15) is 23.2 Å². The second-order valence-electron chi connectivity index (χ2n) is 7.10. The molecule has 1 aliphatic heterocycles. The van der Waals surface area contributed by atoms with Gasteiger partial charge in [0.25, 0.3) is 0 Å². The summed E-state index contributed by atoms with van der Waals surface area (Å²) < 4.78 is 37.3. The van der Waals surface area contributed by atoms with E-state index in [1.807, 2.05) is 28.1 Å². The molecule has 1 aliphatic rings. The quantitative estimate of drug-likeness (QED) is 0.584. The summed E-state index contributed by atoms with van der Waals surface area (Å²) in [5.41, 5.74) is 0.928. The van der Waals surface area contributed by atoms with Gasteiger partial charge in [-0.2, -0.15) is 0 Å². The standard InChI is InChI=1S/C9H20NO3.C7H8O3S/c1-6-8(11)9(12)7(13-6)5-10(2,3)4;1-6-2-4-7(5-3-6)11(8,9)10/h6-9,11-12H,5H2,1-4H3;2-5H,1H3,(H,8,9,10)/q+1;/p-1/t6-,7+,8-,9-;/m0./s1. The Morgan fingerprint density at radius 1 is 1.12 bits per heavy atom. The third-order valence-corrected chi connectivity index (χ3v) is 4.49. The van der Waals surface area contributed by atoms with Crippen LogP contribution in [0.5, 0.6) is 0 Å². The van der Waals surface area contributed by atoms with E-state index in [1.165, 1.54) is 12.1 Å². The molecule has 0 bridgehead atoms. The number of nitrogens with zero attached hydrogens (tertiary/aromatic N) is 1. The SMILES string of the molecule is C[C@@H]1O[C@H](C[N+](C)(C)C)[C@H](O)[C@H]1O.Cc1ccc(S(=O)(=O)[O-])cc1. The summed E-state index contributed by atoms with van der Waals surface area (Å²) in [6.07, 6.45) is -1.99. The van der Waals surface area contributed by atoms with Crippen molar-refractivity contribution in [2.24, 2.45) is 0 Å². The number of aliphatic hydroxyl groups excluding tert-OH is 2. The van der Waals surface area contributed by atoms with E-state index in [4.69, 9.17) is 4.74 Å². The fraction of sp³-hybridized carbons (Fsp3) is 0.625. The summed E-state index contributed by atoms with van der Waals surface area (Å²) in [6, 6.07) is 5.78. The molecule has 1 heterocycles. The molecule has 0 saturated carbocycles. The van der Waals surface area contributed by atoms with Crippen LogP contribution in [0.25, 0.3) is 0 Å². The molecule has 1 aromatic rings. The van der Waals surface area contributed by atoms with E-state index >= 15 is 0 Å². The zero-order chi connectivity index (χ0) is 18.7. The summed E-state index contributed by atoms with van der Waals surface area (Å²) in [4.78, 5) is -0.178. The summed E-state index contributed by atoms with van der Waals surface area (Å²) in [7, 11) is 1.83. The molecule has 0 aliphatic carbocycles. The smallest absolute Gasteiger partial charge is 0.135 e. The topological polar surface area (TPSA) is 107 Å². The average Bonchev–Trinajstić information content (AvgIpc) is 2.64. The molecule has 0 radical (unpaired) electrons. The summed E-state index contributed by atoms with van der Waals surface area (Å²) >= 11 is 0. The van der Waals surface area contributed by atoms with Crippen molar-refractivity contribution in [1.82, 2.24) is 0 Å². The van der Waals surface area contributed by atoms with Gasteiger partial charge < -0.3 is 24.0 Å². The number of ether oxygens (including phenoxy) is 1. The van der Waals surface area contributed by atoms with E-state index in [-0.39, 0.29) is 17.1 Å². The number of aliphatic hydroxyl groups is 2. The molecule has 8 heteroatoms. The maximum atomic E-state index is 10.4. The highest BCUT2D eigenvalue weighted by atomic mass is 32.2.